The number of esters is 1. The van der Waals surface area contributed by atoms with Crippen LogP contribution in [-0.4, -0.2) is 12.6 Å². The lowest BCUT2D eigenvalue weighted by molar-refractivity contribution is -0.146. The molecule has 1 unspecified atom stereocenters. The number of hydrogen-bond acceptors (Lipinski definition) is 4. The van der Waals surface area contributed by atoms with E-state index in [4.69, 9.17) is 10.5 Å². The number of carbonyl (C=O) groups is 1. The SMILES string of the molecule is CCOC(=O)CC1(CC(N)c2ccc(CC)s2)CCCC1. The third-order valence-electron chi connectivity index (χ3n) is 4.54. The van der Waals surface area contributed by atoms with E-state index in [2.05, 4.69) is 19.1 Å². The molecule has 1 aromatic rings. The van der Waals surface area contributed by atoms with Crippen LogP contribution in [0.15, 0.2) is 12.1 Å². The Labute approximate surface area is 131 Å². The maximum Gasteiger partial charge on any atom is 0.306 e. The van der Waals surface area contributed by atoms with Crippen LogP contribution in [0.25, 0.3) is 0 Å². The average molecular weight is 309 g/mol. The van der Waals surface area contributed by atoms with Crippen LogP contribution in [0.4, 0.5) is 0 Å². The first-order valence-electron chi connectivity index (χ1n) is 8.08. The molecule has 1 aliphatic carbocycles. The van der Waals surface area contributed by atoms with E-state index in [9.17, 15) is 4.79 Å². The number of thiophene rings is 1. The van der Waals surface area contributed by atoms with Crippen molar-refractivity contribution in [1.29, 1.82) is 0 Å². The molecule has 0 radical (unpaired) electrons. The summed E-state index contributed by atoms with van der Waals surface area (Å²) in [6.07, 6.45) is 7.10. The molecule has 3 nitrogen and oxygen atoms in total. The summed E-state index contributed by atoms with van der Waals surface area (Å²) in [5.74, 6) is -0.0629. The van der Waals surface area contributed by atoms with E-state index < -0.39 is 0 Å². The maximum absolute atomic E-state index is 11.9. The van der Waals surface area contributed by atoms with E-state index in [0.29, 0.717) is 13.0 Å². The predicted octanol–water partition coefficient (Wildman–Crippen LogP) is 4.21. The quantitative estimate of drug-likeness (QED) is 0.767. The standard InChI is InChI=1S/C17H27NO2S/c1-3-13-7-8-15(21-13)14(18)11-17(9-5-6-10-17)12-16(19)20-4-2/h7-8,14H,3-6,9-12,18H2,1-2H3. The molecule has 4 heteroatoms. The lowest BCUT2D eigenvalue weighted by atomic mass is 9.77. The fourth-order valence-corrected chi connectivity index (χ4v) is 4.40. The molecule has 1 atom stereocenters. The van der Waals surface area contributed by atoms with Crippen LogP contribution in [0.2, 0.25) is 0 Å². The molecule has 0 aliphatic heterocycles. The van der Waals surface area contributed by atoms with E-state index in [-0.39, 0.29) is 17.4 Å². The van der Waals surface area contributed by atoms with Crippen LogP contribution in [0, 0.1) is 5.41 Å². The third kappa shape index (κ3) is 4.30. The number of nitrogens with two attached hydrogens (primary N) is 1. The van der Waals surface area contributed by atoms with Crippen molar-refractivity contribution in [3.8, 4) is 0 Å². The van der Waals surface area contributed by atoms with Gasteiger partial charge >= 0.3 is 5.97 Å². The zero-order valence-corrected chi connectivity index (χ0v) is 14.0. The number of rotatable bonds is 7. The molecule has 1 aliphatic rings. The lowest BCUT2D eigenvalue weighted by Gasteiger charge is -2.30. The fourth-order valence-electron chi connectivity index (χ4n) is 3.45. The number of carbonyl (C=O) groups excluding carboxylic acids is 1. The zero-order valence-electron chi connectivity index (χ0n) is 13.2. The molecular weight excluding hydrogens is 282 g/mol. The van der Waals surface area contributed by atoms with E-state index in [1.807, 2.05) is 18.3 Å². The van der Waals surface area contributed by atoms with Gasteiger partial charge in [0.05, 0.1) is 13.0 Å². The molecule has 1 fully saturated rings. The molecule has 0 aromatic carbocycles. The van der Waals surface area contributed by atoms with Crippen molar-refractivity contribution in [2.24, 2.45) is 11.1 Å². The Morgan fingerprint density at radius 2 is 2.10 bits per heavy atom. The number of ether oxygens (including phenoxy) is 1. The first-order chi connectivity index (χ1) is 10.1. The Kier molecular flexibility index (Phi) is 5.82. The molecule has 1 heterocycles. The molecule has 0 spiro atoms. The highest BCUT2D eigenvalue weighted by molar-refractivity contribution is 7.12. The van der Waals surface area contributed by atoms with E-state index in [1.54, 1.807) is 0 Å². The van der Waals surface area contributed by atoms with Gasteiger partial charge in [-0.2, -0.15) is 0 Å². The van der Waals surface area contributed by atoms with Gasteiger partial charge in [0.1, 0.15) is 0 Å². The summed E-state index contributed by atoms with van der Waals surface area (Å²) in [5.41, 5.74) is 6.49. The molecule has 1 aromatic heterocycles. The van der Waals surface area contributed by atoms with Gasteiger partial charge in [-0.1, -0.05) is 19.8 Å². The summed E-state index contributed by atoms with van der Waals surface area (Å²) in [6, 6.07) is 4.37. The molecule has 2 N–H and O–H groups in total. The molecule has 118 valence electrons. The van der Waals surface area contributed by atoms with Crippen LogP contribution in [-0.2, 0) is 16.0 Å². The van der Waals surface area contributed by atoms with Crippen molar-refractivity contribution in [2.45, 2.75) is 64.8 Å². The van der Waals surface area contributed by atoms with Crippen molar-refractivity contribution < 1.29 is 9.53 Å². The summed E-state index contributed by atoms with van der Waals surface area (Å²) >= 11 is 1.81. The van der Waals surface area contributed by atoms with Gasteiger partial charge in [0, 0.05) is 15.8 Å². The minimum atomic E-state index is -0.0629. The monoisotopic (exact) mass is 309 g/mol. The third-order valence-corrected chi connectivity index (χ3v) is 5.90. The maximum atomic E-state index is 11.9. The Bertz CT molecular complexity index is 463. The Morgan fingerprint density at radius 3 is 2.67 bits per heavy atom. The average Bonchev–Trinajstić information content (AvgIpc) is 3.08. The summed E-state index contributed by atoms with van der Waals surface area (Å²) in [6.45, 7) is 4.50. The normalized spacial score (nSPS) is 18.6. The van der Waals surface area contributed by atoms with Crippen molar-refractivity contribution in [3.63, 3.8) is 0 Å². The molecule has 1 saturated carbocycles. The van der Waals surface area contributed by atoms with E-state index >= 15 is 0 Å². The molecule has 2 rings (SSSR count). The minimum absolute atomic E-state index is 0.0443. The Morgan fingerprint density at radius 1 is 1.38 bits per heavy atom. The molecular formula is C17H27NO2S. The summed E-state index contributed by atoms with van der Waals surface area (Å²) in [4.78, 5) is 14.5. The van der Waals surface area contributed by atoms with Crippen LogP contribution < -0.4 is 5.73 Å². The van der Waals surface area contributed by atoms with Gasteiger partial charge in [-0.15, -0.1) is 11.3 Å². The van der Waals surface area contributed by atoms with Crippen molar-refractivity contribution in [1.82, 2.24) is 0 Å². The van der Waals surface area contributed by atoms with Gasteiger partial charge in [-0.25, -0.2) is 0 Å². The number of aryl methyl sites for hydroxylation is 1. The molecule has 21 heavy (non-hydrogen) atoms. The second-order valence-electron chi connectivity index (χ2n) is 6.16. The van der Waals surface area contributed by atoms with E-state index in [0.717, 1.165) is 25.7 Å². The second kappa shape index (κ2) is 7.41. The van der Waals surface area contributed by atoms with Crippen molar-refractivity contribution in [3.05, 3.63) is 21.9 Å². The van der Waals surface area contributed by atoms with E-state index in [1.165, 1.54) is 22.6 Å². The molecule has 0 bridgehead atoms. The molecule has 0 amide bonds. The second-order valence-corrected chi connectivity index (χ2v) is 7.36. The van der Waals surface area contributed by atoms with Crippen molar-refractivity contribution in [2.75, 3.05) is 6.61 Å². The molecule has 0 saturated heterocycles. The van der Waals surface area contributed by atoms with Crippen LogP contribution in [0.5, 0.6) is 0 Å². The highest BCUT2D eigenvalue weighted by atomic mass is 32.1. The van der Waals surface area contributed by atoms with Gasteiger partial charge in [-0.3, -0.25) is 4.79 Å². The smallest absolute Gasteiger partial charge is 0.306 e. The Hall–Kier alpha value is -0.870. The lowest BCUT2D eigenvalue weighted by Crippen LogP contribution is -2.27. The predicted molar refractivity (Wildman–Crippen MR) is 87.4 cm³/mol. The first kappa shape index (κ1) is 16.5. The zero-order chi connectivity index (χ0) is 15.3. The van der Waals surface area contributed by atoms with Gasteiger partial charge in [-0.05, 0) is 50.2 Å². The van der Waals surface area contributed by atoms with Crippen LogP contribution in [0.3, 0.4) is 0 Å². The number of hydrogen-bond donors (Lipinski definition) is 1. The van der Waals surface area contributed by atoms with Crippen LogP contribution >= 0.6 is 11.3 Å². The van der Waals surface area contributed by atoms with Gasteiger partial charge in [0.25, 0.3) is 0 Å². The first-order valence-corrected chi connectivity index (χ1v) is 8.90. The van der Waals surface area contributed by atoms with Crippen LogP contribution in [0.1, 0.15) is 68.2 Å². The minimum Gasteiger partial charge on any atom is -0.466 e. The summed E-state index contributed by atoms with van der Waals surface area (Å²) in [5, 5.41) is 0. The van der Waals surface area contributed by atoms with Gasteiger partial charge in [0.15, 0.2) is 0 Å². The van der Waals surface area contributed by atoms with Gasteiger partial charge < -0.3 is 10.5 Å². The fraction of sp³-hybridized carbons (Fsp3) is 0.706. The highest BCUT2D eigenvalue weighted by Gasteiger charge is 2.38. The van der Waals surface area contributed by atoms with Gasteiger partial charge in [0.2, 0.25) is 0 Å². The highest BCUT2D eigenvalue weighted by Crippen LogP contribution is 2.47. The van der Waals surface area contributed by atoms with Crippen molar-refractivity contribution >= 4 is 17.3 Å². The summed E-state index contributed by atoms with van der Waals surface area (Å²) < 4.78 is 5.16. The largest absolute Gasteiger partial charge is 0.466 e. The Balaban J connectivity index is 2.03. The summed E-state index contributed by atoms with van der Waals surface area (Å²) in [7, 11) is 0. The topological polar surface area (TPSA) is 52.3 Å².